The molecule has 0 aliphatic carbocycles. The summed E-state index contributed by atoms with van der Waals surface area (Å²) in [6.07, 6.45) is -4.73. The third-order valence-electron chi connectivity index (χ3n) is 2.83. The van der Waals surface area contributed by atoms with E-state index in [1.807, 2.05) is 0 Å². The quantitative estimate of drug-likeness (QED) is 0.817. The molecule has 0 unspecified atom stereocenters. The zero-order chi connectivity index (χ0) is 15.6. The number of rotatable bonds is 3. The number of methoxy groups -OCH3 is 1. The highest BCUT2D eigenvalue weighted by Crippen LogP contribution is 2.27. The number of pyridine rings is 1. The van der Waals surface area contributed by atoms with E-state index in [9.17, 15) is 18.0 Å². The highest BCUT2D eigenvalue weighted by molar-refractivity contribution is 5.84. The molecule has 0 N–H and O–H groups in total. The van der Waals surface area contributed by atoms with Gasteiger partial charge in [0, 0.05) is 5.39 Å². The van der Waals surface area contributed by atoms with Gasteiger partial charge in [-0.25, -0.2) is 0 Å². The minimum atomic E-state index is -4.74. The van der Waals surface area contributed by atoms with Gasteiger partial charge in [-0.05, 0) is 36.8 Å². The Morgan fingerprint density at radius 1 is 1.29 bits per heavy atom. The predicted molar refractivity (Wildman–Crippen MR) is 68.9 cm³/mol. The minimum absolute atomic E-state index is 0.00802. The highest BCUT2D eigenvalue weighted by Gasteiger charge is 2.31. The van der Waals surface area contributed by atoms with E-state index in [1.165, 1.54) is 25.3 Å². The molecule has 1 aromatic carbocycles. The fraction of sp³-hybridized carbons (Fsp3) is 0.286. The Kier molecular flexibility index (Phi) is 4.02. The summed E-state index contributed by atoms with van der Waals surface area (Å²) < 4.78 is 45.0. The van der Waals surface area contributed by atoms with Crippen molar-refractivity contribution in [2.75, 3.05) is 7.11 Å². The number of benzene rings is 1. The second kappa shape index (κ2) is 5.59. The Balaban J connectivity index is 2.39. The summed E-state index contributed by atoms with van der Waals surface area (Å²) in [6.45, 7) is 1.72. The van der Waals surface area contributed by atoms with Crippen LogP contribution in [0.1, 0.15) is 11.3 Å². The zero-order valence-corrected chi connectivity index (χ0v) is 11.3. The first kappa shape index (κ1) is 15.1. The topological polar surface area (TPSA) is 48.4 Å². The van der Waals surface area contributed by atoms with Gasteiger partial charge in [0.05, 0.1) is 24.7 Å². The number of hydrogen-bond donors (Lipinski definition) is 0. The van der Waals surface area contributed by atoms with E-state index in [2.05, 4.69) is 14.5 Å². The predicted octanol–water partition coefficient (Wildman–Crippen LogP) is 3.16. The van der Waals surface area contributed by atoms with Crippen LogP contribution in [0.2, 0.25) is 0 Å². The number of carbonyl (C=O) groups excluding carboxylic acids is 1. The van der Waals surface area contributed by atoms with E-state index < -0.39 is 12.3 Å². The lowest BCUT2D eigenvalue weighted by Gasteiger charge is -2.11. The number of nitrogens with zero attached hydrogens (tertiary/aromatic N) is 1. The molecule has 0 atom stereocenters. The molecular formula is C14H12F3NO3. The van der Waals surface area contributed by atoms with Crippen LogP contribution in [-0.2, 0) is 16.0 Å². The van der Waals surface area contributed by atoms with Crippen molar-refractivity contribution in [3.05, 3.63) is 35.5 Å². The van der Waals surface area contributed by atoms with Crippen LogP contribution in [0.4, 0.5) is 13.2 Å². The summed E-state index contributed by atoms with van der Waals surface area (Å²) in [5.74, 6) is -0.737. The van der Waals surface area contributed by atoms with Crippen molar-refractivity contribution in [2.24, 2.45) is 0 Å². The summed E-state index contributed by atoms with van der Waals surface area (Å²) in [7, 11) is 1.27. The van der Waals surface area contributed by atoms with Gasteiger partial charge in [0.2, 0.25) is 0 Å². The van der Waals surface area contributed by atoms with Gasteiger partial charge < -0.3 is 9.47 Å². The minimum Gasteiger partial charge on any atom is -0.469 e. The summed E-state index contributed by atoms with van der Waals surface area (Å²) >= 11 is 0. The van der Waals surface area contributed by atoms with Crippen LogP contribution in [-0.4, -0.2) is 24.4 Å². The van der Waals surface area contributed by atoms with Gasteiger partial charge in [0.25, 0.3) is 0 Å². The lowest BCUT2D eigenvalue weighted by molar-refractivity contribution is -0.274. The molecule has 0 fully saturated rings. The SMILES string of the molecule is COC(=O)Cc1cc(C)c2cc(OC(F)(F)F)ccc2n1. The third-order valence-corrected chi connectivity index (χ3v) is 2.83. The number of aryl methyl sites for hydroxylation is 1. The van der Waals surface area contributed by atoms with Crippen LogP contribution in [0.15, 0.2) is 24.3 Å². The maximum atomic E-state index is 12.2. The Morgan fingerprint density at radius 3 is 2.62 bits per heavy atom. The van der Waals surface area contributed by atoms with Crippen LogP contribution in [0.5, 0.6) is 5.75 Å². The van der Waals surface area contributed by atoms with E-state index in [0.717, 1.165) is 0 Å². The number of alkyl halides is 3. The van der Waals surface area contributed by atoms with Gasteiger partial charge in [0.1, 0.15) is 5.75 Å². The summed E-state index contributed by atoms with van der Waals surface area (Å²) in [4.78, 5) is 15.5. The standard InChI is InChI=1S/C14H12F3NO3/c1-8-5-9(6-13(19)20-2)18-12-4-3-10(7-11(8)12)21-14(15,16)17/h3-5,7H,6H2,1-2H3. The molecule has 0 amide bonds. The molecule has 0 saturated carbocycles. The van der Waals surface area contributed by atoms with Crippen LogP contribution < -0.4 is 4.74 Å². The number of esters is 1. The molecule has 2 aromatic rings. The summed E-state index contributed by atoms with van der Waals surface area (Å²) in [5.41, 5.74) is 1.69. The van der Waals surface area contributed by atoms with Crippen molar-refractivity contribution in [1.29, 1.82) is 0 Å². The normalized spacial score (nSPS) is 11.5. The van der Waals surface area contributed by atoms with Crippen molar-refractivity contribution >= 4 is 16.9 Å². The van der Waals surface area contributed by atoms with Crippen molar-refractivity contribution in [3.63, 3.8) is 0 Å². The molecule has 2 rings (SSSR count). The fourth-order valence-electron chi connectivity index (χ4n) is 1.95. The molecule has 0 saturated heterocycles. The van der Waals surface area contributed by atoms with Crippen molar-refractivity contribution in [3.8, 4) is 5.75 Å². The molecule has 0 bridgehead atoms. The van der Waals surface area contributed by atoms with Crippen LogP contribution in [0.25, 0.3) is 10.9 Å². The summed E-state index contributed by atoms with van der Waals surface area (Å²) in [6, 6.07) is 5.51. The van der Waals surface area contributed by atoms with Gasteiger partial charge in [-0.3, -0.25) is 9.78 Å². The first-order valence-corrected chi connectivity index (χ1v) is 6.01. The molecule has 0 radical (unpaired) electrons. The van der Waals surface area contributed by atoms with Gasteiger partial charge in [-0.2, -0.15) is 0 Å². The second-order valence-corrected chi connectivity index (χ2v) is 4.41. The lowest BCUT2D eigenvalue weighted by Crippen LogP contribution is -2.17. The second-order valence-electron chi connectivity index (χ2n) is 4.41. The van der Waals surface area contributed by atoms with Crippen molar-refractivity contribution in [1.82, 2.24) is 4.98 Å². The molecular weight excluding hydrogens is 287 g/mol. The zero-order valence-electron chi connectivity index (χ0n) is 11.3. The molecule has 0 spiro atoms. The van der Waals surface area contributed by atoms with Gasteiger partial charge >= 0.3 is 12.3 Å². The van der Waals surface area contributed by atoms with Crippen molar-refractivity contribution in [2.45, 2.75) is 19.7 Å². The fourth-order valence-corrected chi connectivity index (χ4v) is 1.95. The van der Waals surface area contributed by atoms with E-state index in [0.29, 0.717) is 22.2 Å². The Hall–Kier alpha value is -2.31. The lowest BCUT2D eigenvalue weighted by atomic mass is 10.1. The van der Waals surface area contributed by atoms with E-state index in [4.69, 9.17) is 0 Å². The molecule has 4 nitrogen and oxygen atoms in total. The maximum Gasteiger partial charge on any atom is 0.573 e. The van der Waals surface area contributed by atoms with Gasteiger partial charge in [0.15, 0.2) is 0 Å². The first-order valence-electron chi connectivity index (χ1n) is 6.01. The third kappa shape index (κ3) is 3.84. The highest BCUT2D eigenvalue weighted by atomic mass is 19.4. The molecule has 21 heavy (non-hydrogen) atoms. The molecule has 0 aliphatic rings. The molecule has 1 heterocycles. The monoisotopic (exact) mass is 299 g/mol. The largest absolute Gasteiger partial charge is 0.573 e. The van der Waals surface area contributed by atoms with E-state index in [1.54, 1.807) is 13.0 Å². The van der Waals surface area contributed by atoms with Crippen LogP contribution in [0.3, 0.4) is 0 Å². The number of carbonyl (C=O) groups is 1. The van der Waals surface area contributed by atoms with Gasteiger partial charge in [-0.1, -0.05) is 0 Å². The molecule has 7 heteroatoms. The first-order chi connectivity index (χ1) is 9.78. The van der Waals surface area contributed by atoms with E-state index in [-0.39, 0.29) is 12.2 Å². The molecule has 0 aliphatic heterocycles. The van der Waals surface area contributed by atoms with Crippen LogP contribution >= 0.6 is 0 Å². The summed E-state index contributed by atoms with van der Waals surface area (Å²) in [5, 5.41) is 0.533. The number of fused-ring (bicyclic) bond motifs is 1. The number of ether oxygens (including phenoxy) is 2. The number of halogens is 3. The number of aromatic nitrogens is 1. The van der Waals surface area contributed by atoms with Crippen molar-refractivity contribution < 1.29 is 27.4 Å². The average molecular weight is 299 g/mol. The average Bonchev–Trinajstić information content (AvgIpc) is 2.37. The van der Waals surface area contributed by atoms with E-state index >= 15 is 0 Å². The Morgan fingerprint density at radius 2 is 2.00 bits per heavy atom. The van der Waals surface area contributed by atoms with Crippen LogP contribution in [0, 0.1) is 6.92 Å². The Labute approximate surface area is 118 Å². The Bertz CT molecular complexity index is 683. The maximum absolute atomic E-state index is 12.2. The number of hydrogen-bond acceptors (Lipinski definition) is 4. The molecule has 112 valence electrons. The smallest absolute Gasteiger partial charge is 0.469 e. The van der Waals surface area contributed by atoms with Gasteiger partial charge in [-0.15, -0.1) is 13.2 Å². The molecule has 1 aromatic heterocycles.